The van der Waals surface area contributed by atoms with Crippen molar-refractivity contribution < 1.29 is 14.3 Å². The standard InChI is InChI=1S/C25H32N4O3/c1-20-18-22(21(2)29(20)23-6-4-3-5-7-23)8-9-24(30)27-10-12-28(13-11-27)25(31)19-26-14-16-32-17-15-26/h3-9,18H,10-17,19H2,1-2H3/b9-8+. The maximum Gasteiger partial charge on any atom is 0.246 e. The molecule has 2 aliphatic rings. The lowest BCUT2D eigenvalue weighted by molar-refractivity contribution is -0.138. The summed E-state index contributed by atoms with van der Waals surface area (Å²) in [5.41, 5.74) is 4.40. The van der Waals surface area contributed by atoms with Crippen LogP contribution >= 0.6 is 0 Å². The number of amides is 2. The van der Waals surface area contributed by atoms with Crippen molar-refractivity contribution in [3.8, 4) is 5.69 Å². The first kappa shape index (κ1) is 22.3. The van der Waals surface area contributed by atoms with E-state index in [0.717, 1.165) is 35.7 Å². The number of carbonyl (C=O) groups excluding carboxylic acids is 2. The number of nitrogens with zero attached hydrogens (tertiary/aromatic N) is 4. The van der Waals surface area contributed by atoms with Crippen molar-refractivity contribution in [2.45, 2.75) is 13.8 Å². The molecule has 2 aliphatic heterocycles. The third-order valence-corrected chi connectivity index (χ3v) is 6.30. The molecule has 0 saturated carbocycles. The fraction of sp³-hybridized carbons (Fsp3) is 0.440. The van der Waals surface area contributed by atoms with E-state index >= 15 is 0 Å². The third kappa shape index (κ3) is 5.11. The third-order valence-electron chi connectivity index (χ3n) is 6.30. The number of hydrogen-bond donors (Lipinski definition) is 0. The van der Waals surface area contributed by atoms with Crippen molar-refractivity contribution in [3.63, 3.8) is 0 Å². The van der Waals surface area contributed by atoms with Gasteiger partial charge in [0.2, 0.25) is 11.8 Å². The lowest BCUT2D eigenvalue weighted by Gasteiger charge is -2.36. The molecule has 0 bridgehead atoms. The molecule has 0 radical (unpaired) electrons. The SMILES string of the molecule is Cc1cc(/C=C/C(=O)N2CCN(C(=O)CN3CCOCC3)CC2)c(C)n1-c1ccccc1. The van der Waals surface area contributed by atoms with Crippen LogP contribution in [0.15, 0.2) is 42.5 Å². The van der Waals surface area contributed by atoms with Crippen LogP contribution in [-0.2, 0) is 14.3 Å². The molecule has 2 amide bonds. The molecular weight excluding hydrogens is 404 g/mol. The van der Waals surface area contributed by atoms with Gasteiger partial charge in [0.15, 0.2) is 0 Å². The molecule has 0 aliphatic carbocycles. The Morgan fingerprint density at radius 2 is 1.59 bits per heavy atom. The van der Waals surface area contributed by atoms with Gasteiger partial charge in [0.25, 0.3) is 0 Å². The van der Waals surface area contributed by atoms with Gasteiger partial charge in [-0.2, -0.15) is 0 Å². The monoisotopic (exact) mass is 436 g/mol. The van der Waals surface area contributed by atoms with E-state index in [0.29, 0.717) is 45.9 Å². The number of aromatic nitrogens is 1. The van der Waals surface area contributed by atoms with Gasteiger partial charge in [0, 0.05) is 62.4 Å². The Balaban J connectivity index is 1.32. The van der Waals surface area contributed by atoms with Gasteiger partial charge in [0.1, 0.15) is 0 Å². The highest BCUT2D eigenvalue weighted by Gasteiger charge is 2.25. The highest BCUT2D eigenvalue weighted by molar-refractivity contribution is 5.92. The largest absolute Gasteiger partial charge is 0.379 e. The van der Waals surface area contributed by atoms with Gasteiger partial charge in [-0.15, -0.1) is 0 Å². The first-order valence-corrected chi connectivity index (χ1v) is 11.3. The summed E-state index contributed by atoms with van der Waals surface area (Å²) in [5, 5.41) is 0. The van der Waals surface area contributed by atoms with Gasteiger partial charge >= 0.3 is 0 Å². The molecule has 2 saturated heterocycles. The summed E-state index contributed by atoms with van der Waals surface area (Å²) in [5.74, 6) is 0.137. The highest BCUT2D eigenvalue weighted by atomic mass is 16.5. The lowest BCUT2D eigenvalue weighted by atomic mass is 10.2. The molecule has 3 heterocycles. The zero-order valence-corrected chi connectivity index (χ0v) is 19.0. The number of benzene rings is 1. The van der Waals surface area contributed by atoms with Crippen molar-refractivity contribution in [2.75, 3.05) is 59.0 Å². The maximum atomic E-state index is 12.7. The highest BCUT2D eigenvalue weighted by Crippen LogP contribution is 2.21. The number of morpholine rings is 1. The van der Waals surface area contributed by atoms with Crippen LogP contribution < -0.4 is 0 Å². The van der Waals surface area contributed by atoms with Crippen LogP contribution in [-0.4, -0.2) is 90.1 Å². The van der Waals surface area contributed by atoms with Crippen LogP contribution in [0.25, 0.3) is 11.8 Å². The molecule has 0 N–H and O–H groups in total. The van der Waals surface area contributed by atoms with Gasteiger partial charge in [-0.3, -0.25) is 14.5 Å². The predicted octanol–water partition coefficient (Wildman–Crippen LogP) is 2.11. The summed E-state index contributed by atoms with van der Waals surface area (Å²) < 4.78 is 7.54. The summed E-state index contributed by atoms with van der Waals surface area (Å²) >= 11 is 0. The molecule has 170 valence electrons. The minimum absolute atomic E-state index is 0.00482. The number of piperazine rings is 1. The van der Waals surface area contributed by atoms with E-state index in [1.807, 2.05) is 34.1 Å². The Labute approximate surface area is 189 Å². The van der Waals surface area contributed by atoms with Crippen molar-refractivity contribution in [3.05, 3.63) is 59.4 Å². The number of aryl methyl sites for hydroxylation is 1. The Kier molecular flexibility index (Phi) is 7.07. The van der Waals surface area contributed by atoms with Crippen LogP contribution in [0.4, 0.5) is 0 Å². The second-order valence-corrected chi connectivity index (χ2v) is 8.43. The summed E-state index contributed by atoms with van der Waals surface area (Å²) in [6.07, 6.45) is 3.56. The summed E-state index contributed by atoms with van der Waals surface area (Å²) in [6.45, 7) is 9.90. The Morgan fingerprint density at radius 3 is 2.28 bits per heavy atom. The molecule has 4 rings (SSSR count). The quantitative estimate of drug-likeness (QED) is 0.674. The van der Waals surface area contributed by atoms with Crippen molar-refractivity contribution in [1.29, 1.82) is 0 Å². The molecule has 7 heteroatoms. The van der Waals surface area contributed by atoms with E-state index in [4.69, 9.17) is 4.74 Å². The van der Waals surface area contributed by atoms with E-state index in [-0.39, 0.29) is 11.8 Å². The van der Waals surface area contributed by atoms with Crippen LogP contribution in [0, 0.1) is 13.8 Å². The van der Waals surface area contributed by atoms with Gasteiger partial charge in [0.05, 0.1) is 19.8 Å². The van der Waals surface area contributed by atoms with Crippen LogP contribution in [0.5, 0.6) is 0 Å². The van der Waals surface area contributed by atoms with Gasteiger partial charge in [-0.1, -0.05) is 18.2 Å². The average molecular weight is 437 g/mol. The van der Waals surface area contributed by atoms with Crippen LogP contribution in [0.3, 0.4) is 0 Å². The minimum atomic E-state index is -0.00482. The van der Waals surface area contributed by atoms with Crippen LogP contribution in [0.2, 0.25) is 0 Å². The fourth-order valence-electron chi connectivity index (χ4n) is 4.42. The van der Waals surface area contributed by atoms with E-state index in [1.54, 1.807) is 6.08 Å². The second kappa shape index (κ2) is 10.1. The number of carbonyl (C=O) groups is 2. The van der Waals surface area contributed by atoms with E-state index in [2.05, 4.69) is 41.5 Å². The maximum absolute atomic E-state index is 12.7. The molecule has 2 aromatic rings. The van der Waals surface area contributed by atoms with E-state index in [1.165, 1.54) is 0 Å². The van der Waals surface area contributed by atoms with Crippen molar-refractivity contribution in [1.82, 2.24) is 19.3 Å². The Morgan fingerprint density at radius 1 is 0.938 bits per heavy atom. The molecular formula is C25H32N4O3. The minimum Gasteiger partial charge on any atom is -0.379 e. The molecule has 0 spiro atoms. The predicted molar refractivity (Wildman–Crippen MR) is 125 cm³/mol. The van der Waals surface area contributed by atoms with Crippen molar-refractivity contribution >= 4 is 17.9 Å². The molecule has 2 fully saturated rings. The number of rotatable bonds is 5. The lowest BCUT2D eigenvalue weighted by Crippen LogP contribution is -2.53. The van der Waals surface area contributed by atoms with Gasteiger partial charge < -0.3 is 19.1 Å². The zero-order valence-electron chi connectivity index (χ0n) is 19.0. The molecule has 32 heavy (non-hydrogen) atoms. The van der Waals surface area contributed by atoms with Gasteiger partial charge in [-0.25, -0.2) is 0 Å². The van der Waals surface area contributed by atoms with Crippen LogP contribution in [0.1, 0.15) is 17.0 Å². The zero-order chi connectivity index (χ0) is 22.5. The summed E-state index contributed by atoms with van der Waals surface area (Å²) in [6, 6.07) is 12.3. The molecule has 7 nitrogen and oxygen atoms in total. The molecule has 0 unspecified atom stereocenters. The first-order chi connectivity index (χ1) is 15.5. The van der Waals surface area contributed by atoms with E-state index in [9.17, 15) is 9.59 Å². The summed E-state index contributed by atoms with van der Waals surface area (Å²) in [7, 11) is 0. The average Bonchev–Trinajstić information content (AvgIpc) is 3.11. The summed E-state index contributed by atoms with van der Waals surface area (Å²) in [4.78, 5) is 31.1. The number of hydrogen-bond acceptors (Lipinski definition) is 4. The number of ether oxygens (including phenoxy) is 1. The van der Waals surface area contributed by atoms with E-state index < -0.39 is 0 Å². The smallest absolute Gasteiger partial charge is 0.246 e. The van der Waals surface area contributed by atoms with Gasteiger partial charge in [-0.05, 0) is 43.7 Å². The second-order valence-electron chi connectivity index (χ2n) is 8.43. The number of para-hydroxylation sites is 1. The topological polar surface area (TPSA) is 58.0 Å². The first-order valence-electron chi connectivity index (χ1n) is 11.3. The molecule has 1 aromatic heterocycles. The normalized spacial score (nSPS) is 17.8. The fourth-order valence-corrected chi connectivity index (χ4v) is 4.42. The Bertz CT molecular complexity index is 969. The molecule has 1 aromatic carbocycles. The Hall–Kier alpha value is -2.90. The van der Waals surface area contributed by atoms with Crippen molar-refractivity contribution in [2.24, 2.45) is 0 Å². The molecule has 0 atom stereocenters.